The molecule has 0 amide bonds. The van der Waals surface area contributed by atoms with Crippen LogP contribution in [0, 0.1) is 0 Å². The summed E-state index contributed by atoms with van der Waals surface area (Å²) in [6, 6.07) is 0. The first kappa shape index (κ1) is 78.5. The Labute approximate surface area is 513 Å². The third-order valence-electron chi connectivity index (χ3n) is 14.6. The molecule has 0 spiro atoms. The lowest BCUT2D eigenvalue weighted by atomic mass is 10.0. The second-order valence-corrected chi connectivity index (χ2v) is 22.7. The molecule has 6 heteroatoms. The van der Waals surface area contributed by atoms with Gasteiger partial charge < -0.3 is 14.2 Å². The number of rotatable bonds is 62. The smallest absolute Gasteiger partial charge is 0.306 e. The molecule has 0 heterocycles. The van der Waals surface area contributed by atoms with Crippen molar-refractivity contribution in [2.75, 3.05) is 13.2 Å². The maximum absolute atomic E-state index is 13.0. The van der Waals surface area contributed by atoms with Crippen LogP contribution < -0.4 is 0 Å². The van der Waals surface area contributed by atoms with Crippen LogP contribution in [0.15, 0.2) is 134 Å². The first-order valence-electron chi connectivity index (χ1n) is 34.7. The molecule has 0 rings (SSSR count). The van der Waals surface area contributed by atoms with Crippen molar-refractivity contribution in [3.8, 4) is 0 Å². The van der Waals surface area contributed by atoms with Crippen molar-refractivity contribution in [1.29, 1.82) is 0 Å². The van der Waals surface area contributed by atoms with Crippen LogP contribution in [-0.4, -0.2) is 37.2 Å². The molecule has 0 aliphatic heterocycles. The number of hydrogen-bond donors (Lipinski definition) is 0. The summed E-state index contributed by atoms with van der Waals surface area (Å²) >= 11 is 0. The molecule has 472 valence electrons. The molecule has 0 saturated heterocycles. The molecule has 83 heavy (non-hydrogen) atoms. The van der Waals surface area contributed by atoms with Crippen LogP contribution in [-0.2, 0) is 28.6 Å². The fourth-order valence-electron chi connectivity index (χ4n) is 9.43. The van der Waals surface area contributed by atoms with Crippen LogP contribution in [0.2, 0.25) is 0 Å². The van der Waals surface area contributed by atoms with E-state index in [1.165, 1.54) is 148 Å². The zero-order valence-corrected chi connectivity index (χ0v) is 54.2. The molecule has 0 aromatic rings. The van der Waals surface area contributed by atoms with E-state index in [-0.39, 0.29) is 31.1 Å². The monoisotopic (exact) mass is 1150 g/mol. The van der Waals surface area contributed by atoms with Crippen LogP contribution in [0.1, 0.15) is 316 Å². The van der Waals surface area contributed by atoms with Crippen molar-refractivity contribution in [2.45, 2.75) is 322 Å². The second-order valence-electron chi connectivity index (χ2n) is 22.7. The summed E-state index contributed by atoms with van der Waals surface area (Å²) in [6.07, 6.45) is 98.9. The Morgan fingerprint density at radius 2 is 0.470 bits per heavy atom. The fourth-order valence-corrected chi connectivity index (χ4v) is 9.43. The Morgan fingerprint density at radius 1 is 0.253 bits per heavy atom. The molecule has 0 aliphatic carbocycles. The third kappa shape index (κ3) is 68.2. The first-order valence-corrected chi connectivity index (χ1v) is 34.7. The van der Waals surface area contributed by atoms with Crippen molar-refractivity contribution in [2.24, 2.45) is 0 Å². The molecule has 0 saturated carbocycles. The van der Waals surface area contributed by atoms with E-state index < -0.39 is 6.10 Å². The summed E-state index contributed by atoms with van der Waals surface area (Å²) < 4.78 is 17.0. The second kappa shape index (κ2) is 70.0. The maximum Gasteiger partial charge on any atom is 0.306 e. The molecule has 1 atom stereocenters. The number of esters is 3. The predicted molar refractivity (Wildman–Crippen MR) is 362 cm³/mol. The van der Waals surface area contributed by atoms with Gasteiger partial charge in [-0.15, -0.1) is 0 Å². The highest BCUT2D eigenvalue weighted by Crippen LogP contribution is 2.16. The normalized spacial score (nSPS) is 13.0. The number of carbonyl (C=O) groups is 3. The predicted octanol–water partition coefficient (Wildman–Crippen LogP) is 24.1. The quantitative estimate of drug-likeness (QED) is 0.0261. The molecule has 0 aromatic carbocycles. The van der Waals surface area contributed by atoms with Gasteiger partial charge in [0.05, 0.1) is 0 Å². The molecule has 1 unspecified atom stereocenters. The van der Waals surface area contributed by atoms with Gasteiger partial charge in [-0.2, -0.15) is 0 Å². The van der Waals surface area contributed by atoms with Crippen molar-refractivity contribution in [1.82, 2.24) is 0 Å². The van der Waals surface area contributed by atoms with Gasteiger partial charge in [0, 0.05) is 19.3 Å². The minimum atomic E-state index is -0.804. The van der Waals surface area contributed by atoms with Crippen molar-refractivity contribution in [3.63, 3.8) is 0 Å². The van der Waals surface area contributed by atoms with Crippen LogP contribution in [0.3, 0.4) is 0 Å². The lowest BCUT2D eigenvalue weighted by molar-refractivity contribution is -0.167. The van der Waals surface area contributed by atoms with Crippen LogP contribution in [0.4, 0.5) is 0 Å². The minimum absolute atomic E-state index is 0.0965. The highest BCUT2D eigenvalue weighted by atomic mass is 16.6. The summed E-state index contributed by atoms with van der Waals surface area (Å²) in [5, 5.41) is 0. The van der Waals surface area contributed by atoms with Crippen molar-refractivity contribution < 1.29 is 28.6 Å². The molecule has 0 aliphatic rings. The molecular formula is C77H128O6. The third-order valence-corrected chi connectivity index (χ3v) is 14.6. The van der Waals surface area contributed by atoms with E-state index in [2.05, 4.69) is 154 Å². The molecule has 0 fully saturated rings. The van der Waals surface area contributed by atoms with Gasteiger partial charge in [-0.1, -0.05) is 289 Å². The topological polar surface area (TPSA) is 78.9 Å². The maximum atomic E-state index is 13.0. The molecule has 0 aromatic heterocycles. The van der Waals surface area contributed by atoms with Gasteiger partial charge in [0.1, 0.15) is 13.2 Å². The van der Waals surface area contributed by atoms with Gasteiger partial charge in [-0.25, -0.2) is 0 Å². The van der Waals surface area contributed by atoms with E-state index in [1.807, 2.05) is 0 Å². The minimum Gasteiger partial charge on any atom is -0.462 e. The zero-order valence-electron chi connectivity index (χ0n) is 54.2. The largest absolute Gasteiger partial charge is 0.462 e. The van der Waals surface area contributed by atoms with Gasteiger partial charge >= 0.3 is 17.9 Å². The van der Waals surface area contributed by atoms with Gasteiger partial charge in [-0.05, 0) is 141 Å². The van der Waals surface area contributed by atoms with Gasteiger partial charge in [-0.3, -0.25) is 14.4 Å². The SMILES string of the molecule is CC/C=C\C/C=C\C/C=C\C/C=C\C/C=C\C/C=C\C/C=C\CCCCCC(=O)OCC(COC(=O)CCCCCCCCC/C=C\C/C=C\CCCCC)OC(=O)CCCCCCCCCCCCC/C=C\C/C=C\CCCCCCC. The van der Waals surface area contributed by atoms with Crippen LogP contribution in [0.25, 0.3) is 0 Å². The van der Waals surface area contributed by atoms with Crippen molar-refractivity contribution in [3.05, 3.63) is 134 Å². The van der Waals surface area contributed by atoms with Gasteiger partial charge in [0.2, 0.25) is 0 Å². The van der Waals surface area contributed by atoms with E-state index in [9.17, 15) is 14.4 Å². The summed E-state index contributed by atoms with van der Waals surface area (Å²) in [7, 11) is 0. The number of allylic oxidation sites excluding steroid dienone is 22. The molecule has 0 bridgehead atoms. The number of carbonyl (C=O) groups excluding carboxylic acids is 3. The Bertz CT molecular complexity index is 1750. The number of hydrogen-bond acceptors (Lipinski definition) is 6. The molecule has 6 nitrogen and oxygen atoms in total. The van der Waals surface area contributed by atoms with E-state index in [0.29, 0.717) is 19.3 Å². The zero-order chi connectivity index (χ0) is 59.9. The Hall–Kier alpha value is -4.45. The van der Waals surface area contributed by atoms with Crippen LogP contribution >= 0.6 is 0 Å². The van der Waals surface area contributed by atoms with E-state index in [1.54, 1.807) is 0 Å². The highest BCUT2D eigenvalue weighted by Gasteiger charge is 2.19. The van der Waals surface area contributed by atoms with E-state index in [4.69, 9.17) is 14.2 Å². The summed E-state index contributed by atoms with van der Waals surface area (Å²) in [5.41, 5.74) is 0. The summed E-state index contributed by atoms with van der Waals surface area (Å²) in [4.78, 5) is 38.5. The lowest BCUT2D eigenvalue weighted by Crippen LogP contribution is -2.30. The van der Waals surface area contributed by atoms with Gasteiger partial charge in [0.15, 0.2) is 6.10 Å². The first-order chi connectivity index (χ1) is 41.0. The summed E-state index contributed by atoms with van der Waals surface area (Å²) in [5.74, 6) is -0.932. The molecule has 0 radical (unpaired) electrons. The summed E-state index contributed by atoms with van der Waals surface area (Å²) in [6.45, 7) is 6.48. The Morgan fingerprint density at radius 3 is 0.771 bits per heavy atom. The Balaban J connectivity index is 4.46. The number of ether oxygens (including phenoxy) is 3. The molecule has 0 N–H and O–H groups in total. The number of unbranched alkanes of at least 4 members (excludes halogenated alkanes) is 29. The van der Waals surface area contributed by atoms with Gasteiger partial charge in [0.25, 0.3) is 0 Å². The van der Waals surface area contributed by atoms with E-state index >= 15 is 0 Å². The van der Waals surface area contributed by atoms with Crippen LogP contribution in [0.5, 0.6) is 0 Å². The fraction of sp³-hybridized carbons (Fsp3) is 0.675. The lowest BCUT2D eigenvalue weighted by Gasteiger charge is -2.18. The average molecular weight is 1150 g/mol. The Kier molecular flexibility index (Phi) is 66.3. The highest BCUT2D eigenvalue weighted by molar-refractivity contribution is 5.71. The standard InChI is InChI=1S/C77H128O6/c1-4-7-10-13-16-19-22-25-28-31-33-35-37-38-40-41-43-46-49-52-55-58-61-64-67-70-76(79)82-73-74(72-81-75(78)69-66-63-60-57-54-51-48-45-30-27-24-21-18-15-12-9-6-3)83-77(80)71-68-65-62-59-56-53-50-47-44-42-39-36-34-32-29-26-23-20-17-14-11-8-5-2/h7,10,16,18-19,21,23,25-28,30,32-35,38,40,43,46,52,55,74H,4-6,8-9,11-15,17,20,22,24,29,31,36-37,39,41-42,44-45,47-51,53-54,56-73H2,1-3H3/b10-7-,19-16-,21-18-,26-23-,28-25-,30-27-,34-32-,35-33-,40-38-,46-43-,55-52-. The van der Waals surface area contributed by atoms with E-state index in [0.717, 1.165) is 128 Å². The molecular weight excluding hydrogens is 1020 g/mol. The van der Waals surface area contributed by atoms with Crippen molar-refractivity contribution >= 4 is 17.9 Å². The average Bonchev–Trinajstić information content (AvgIpc) is 3.49.